The normalized spacial score (nSPS) is 8.89. The van der Waals surface area contributed by atoms with Gasteiger partial charge < -0.3 is 0 Å². The van der Waals surface area contributed by atoms with Crippen molar-refractivity contribution in [1.29, 1.82) is 0 Å². The van der Waals surface area contributed by atoms with E-state index in [1.807, 2.05) is 5.38 Å². The topological polar surface area (TPSA) is 0 Å². The molecule has 0 saturated carbocycles. The van der Waals surface area contributed by atoms with Gasteiger partial charge in [-0.3, -0.25) is 0 Å². The maximum absolute atomic E-state index is 5.24. The minimum atomic E-state index is 0.963. The summed E-state index contributed by atoms with van der Waals surface area (Å²) in [5, 5.41) is 1.96. The second-order valence-electron chi connectivity index (χ2n) is 1.55. The molecule has 1 aromatic heterocycles. The van der Waals surface area contributed by atoms with Crippen LogP contribution in [0, 0.1) is 12.6 Å². The molecule has 44 valence electrons. The van der Waals surface area contributed by atoms with Crippen LogP contribution < -0.4 is 0 Å². The zero-order valence-corrected chi connectivity index (χ0v) is 5.74. The molecule has 1 heteroatoms. The summed E-state index contributed by atoms with van der Waals surface area (Å²) in [5.41, 5.74) is 1.01. The fourth-order valence-electron chi connectivity index (χ4n) is 0.508. The lowest BCUT2D eigenvalue weighted by atomic mass is 10.3. The van der Waals surface area contributed by atoms with Crippen molar-refractivity contribution < 1.29 is 0 Å². The lowest BCUT2D eigenvalue weighted by molar-refractivity contribution is 1.83. The van der Waals surface area contributed by atoms with E-state index in [1.54, 1.807) is 17.4 Å². The molecule has 9 heavy (non-hydrogen) atoms. The zero-order chi connectivity index (χ0) is 6.69. The third kappa shape index (κ3) is 1.30. The van der Waals surface area contributed by atoms with Crippen molar-refractivity contribution in [2.24, 2.45) is 0 Å². The first-order valence-electron chi connectivity index (χ1n) is 2.55. The predicted octanol–water partition coefficient (Wildman–Crippen LogP) is 2.64. The van der Waals surface area contributed by atoms with E-state index in [0.717, 1.165) is 10.4 Å². The molecule has 0 atom stereocenters. The number of hydrogen-bond acceptors (Lipinski definition) is 1. The standard InChI is InChI=1S/C8H6S/c1-3-7-5-8(4-2)9-6-7/h2-4,6H,1H2. The molecule has 0 amide bonds. The Morgan fingerprint density at radius 2 is 2.56 bits per heavy atom. The number of thiophene rings is 1. The van der Waals surface area contributed by atoms with Gasteiger partial charge in [-0.2, -0.15) is 0 Å². The van der Waals surface area contributed by atoms with Gasteiger partial charge in [-0.25, -0.2) is 0 Å². The molecule has 0 spiro atoms. The molecule has 1 rings (SSSR count). The summed E-state index contributed by atoms with van der Waals surface area (Å²) in [7, 11) is 0. The van der Waals surface area contributed by atoms with Crippen molar-refractivity contribution in [1.82, 2.24) is 0 Å². The average Bonchev–Trinajstić information content (AvgIpc) is 2.34. The Bertz CT molecular complexity index is 198. The summed E-state index contributed by atoms with van der Waals surface area (Å²) in [6.45, 7) is 8.84. The highest BCUT2D eigenvalue weighted by molar-refractivity contribution is 7.11. The molecule has 0 aliphatic rings. The summed E-state index contributed by atoms with van der Waals surface area (Å²) < 4.78 is 0. The van der Waals surface area contributed by atoms with Crippen LogP contribution in [0.3, 0.4) is 0 Å². The first-order chi connectivity index (χ1) is 4.36. The van der Waals surface area contributed by atoms with E-state index >= 15 is 0 Å². The van der Waals surface area contributed by atoms with Crippen LogP contribution in [0.2, 0.25) is 0 Å². The quantitative estimate of drug-likeness (QED) is 0.583. The van der Waals surface area contributed by atoms with E-state index in [1.165, 1.54) is 6.08 Å². The summed E-state index contributed by atoms with van der Waals surface area (Å²) >= 11 is 1.57. The molecule has 0 fully saturated rings. The molecule has 0 nitrogen and oxygen atoms in total. The van der Waals surface area contributed by atoms with Gasteiger partial charge in [-0.1, -0.05) is 19.2 Å². The molecule has 0 aliphatic heterocycles. The maximum atomic E-state index is 5.24. The highest BCUT2D eigenvalue weighted by atomic mass is 32.1. The summed E-state index contributed by atoms with van der Waals surface area (Å²) in [4.78, 5) is 0.963. The van der Waals surface area contributed by atoms with E-state index in [9.17, 15) is 0 Å². The first kappa shape index (κ1) is 6.30. The van der Waals surface area contributed by atoms with Crippen LogP contribution in [0.4, 0.5) is 0 Å². The minimum Gasteiger partial charge on any atom is -0.143 e. The van der Waals surface area contributed by atoms with Crippen LogP contribution >= 0.6 is 11.3 Å². The molecular weight excluding hydrogens is 128 g/mol. The lowest BCUT2D eigenvalue weighted by Gasteiger charge is -1.74. The van der Waals surface area contributed by atoms with Crippen LogP contribution in [0.1, 0.15) is 10.4 Å². The Morgan fingerprint density at radius 1 is 1.78 bits per heavy atom. The van der Waals surface area contributed by atoms with Gasteiger partial charge in [0.2, 0.25) is 0 Å². The van der Waals surface area contributed by atoms with E-state index in [-0.39, 0.29) is 0 Å². The van der Waals surface area contributed by atoms with Crippen LogP contribution in [0.25, 0.3) is 12.2 Å². The maximum Gasteiger partial charge on any atom is 0.0355 e. The fourth-order valence-corrected chi connectivity index (χ4v) is 1.17. The van der Waals surface area contributed by atoms with Crippen LogP contribution in [-0.2, 0) is 0 Å². The van der Waals surface area contributed by atoms with Crippen molar-refractivity contribution in [3.8, 4) is 0 Å². The van der Waals surface area contributed by atoms with Crippen LogP contribution in [-0.4, -0.2) is 0 Å². The Hall–Kier alpha value is -0.820. The first-order valence-corrected chi connectivity index (χ1v) is 3.43. The molecule has 0 aromatic carbocycles. The second-order valence-corrected chi connectivity index (χ2v) is 2.46. The summed E-state index contributed by atoms with van der Waals surface area (Å²) in [5.74, 6) is 0. The van der Waals surface area contributed by atoms with Gasteiger partial charge in [0.25, 0.3) is 0 Å². The zero-order valence-electron chi connectivity index (χ0n) is 4.92. The van der Waals surface area contributed by atoms with Crippen molar-refractivity contribution in [2.45, 2.75) is 0 Å². The fraction of sp³-hybridized carbons (Fsp3) is 0. The molecule has 1 heterocycles. The molecule has 0 N–H and O–H groups in total. The van der Waals surface area contributed by atoms with Gasteiger partial charge >= 0.3 is 0 Å². The van der Waals surface area contributed by atoms with Gasteiger partial charge in [0.05, 0.1) is 0 Å². The Balaban J connectivity index is 2.98. The minimum absolute atomic E-state index is 0.963. The smallest absolute Gasteiger partial charge is 0.0355 e. The predicted molar refractivity (Wildman–Crippen MR) is 42.0 cm³/mol. The molecule has 1 aromatic rings. The monoisotopic (exact) mass is 134 g/mol. The van der Waals surface area contributed by atoms with Crippen molar-refractivity contribution in [2.75, 3.05) is 0 Å². The van der Waals surface area contributed by atoms with Gasteiger partial charge in [-0.15, -0.1) is 11.3 Å². The van der Waals surface area contributed by atoms with Crippen molar-refractivity contribution in [3.63, 3.8) is 0 Å². The third-order valence-corrected chi connectivity index (χ3v) is 1.82. The third-order valence-electron chi connectivity index (χ3n) is 0.952. The molecule has 0 unspecified atom stereocenters. The van der Waals surface area contributed by atoms with Crippen LogP contribution in [0.5, 0.6) is 0 Å². The highest BCUT2D eigenvalue weighted by Gasteiger charge is 1.90. The Morgan fingerprint density at radius 3 is 2.89 bits per heavy atom. The molecule has 2 radical (unpaired) electrons. The van der Waals surface area contributed by atoms with Crippen molar-refractivity contribution in [3.05, 3.63) is 35.0 Å². The van der Waals surface area contributed by atoms with Gasteiger partial charge in [0.1, 0.15) is 0 Å². The number of hydrogen-bond donors (Lipinski definition) is 0. The Labute approximate surface area is 59.2 Å². The second kappa shape index (κ2) is 2.65. The van der Waals surface area contributed by atoms with E-state index in [2.05, 4.69) is 12.6 Å². The summed E-state index contributed by atoms with van der Waals surface area (Å²) in [6, 6.07) is 3.03. The van der Waals surface area contributed by atoms with Crippen molar-refractivity contribution >= 4 is 23.5 Å². The average molecular weight is 134 g/mol. The van der Waals surface area contributed by atoms with Gasteiger partial charge in [-0.05, 0) is 17.0 Å². The molecule has 0 bridgehead atoms. The summed E-state index contributed by atoms with van der Waals surface area (Å²) in [6.07, 6.45) is 3.29. The SMILES string of the molecule is [CH]=Cc1[c]c(C=C)cs1. The molecular formula is C8H6S. The van der Waals surface area contributed by atoms with E-state index < -0.39 is 0 Å². The number of rotatable bonds is 2. The van der Waals surface area contributed by atoms with Crippen LogP contribution in [0.15, 0.2) is 12.0 Å². The van der Waals surface area contributed by atoms with E-state index in [0.29, 0.717) is 0 Å². The largest absolute Gasteiger partial charge is 0.143 e. The molecule has 0 saturated heterocycles. The molecule has 0 aliphatic carbocycles. The van der Waals surface area contributed by atoms with E-state index in [4.69, 9.17) is 6.58 Å². The lowest BCUT2D eigenvalue weighted by Crippen LogP contribution is -1.57. The highest BCUT2D eigenvalue weighted by Crippen LogP contribution is 2.14. The Kier molecular flexibility index (Phi) is 1.85. The van der Waals surface area contributed by atoms with Gasteiger partial charge in [0, 0.05) is 10.9 Å². The van der Waals surface area contributed by atoms with Gasteiger partial charge in [0.15, 0.2) is 0 Å².